The van der Waals surface area contributed by atoms with Crippen LogP contribution in [0.25, 0.3) is 17.2 Å². The van der Waals surface area contributed by atoms with Gasteiger partial charge in [-0.2, -0.15) is 14.5 Å². The number of halogens is 2. The highest BCUT2D eigenvalue weighted by atomic mass is 35.5. The second-order valence-electron chi connectivity index (χ2n) is 8.58. The summed E-state index contributed by atoms with van der Waals surface area (Å²) in [6, 6.07) is 12.5. The molecule has 1 atom stereocenters. The predicted octanol–water partition coefficient (Wildman–Crippen LogP) is 3.57. The minimum absolute atomic E-state index is 0. The van der Waals surface area contributed by atoms with Crippen molar-refractivity contribution >= 4 is 36.4 Å². The quantitative estimate of drug-likeness (QED) is 0.579. The van der Waals surface area contributed by atoms with Crippen LogP contribution in [0.5, 0.6) is 5.88 Å². The number of rotatable bonds is 5. The number of hydrogen-bond acceptors (Lipinski definition) is 6. The Labute approximate surface area is 207 Å². The van der Waals surface area contributed by atoms with Crippen LogP contribution in [0.3, 0.4) is 0 Å². The number of ether oxygens (including phenoxy) is 1. The van der Waals surface area contributed by atoms with Gasteiger partial charge in [0.2, 0.25) is 5.88 Å². The molecule has 1 saturated carbocycles. The van der Waals surface area contributed by atoms with E-state index in [1.807, 2.05) is 40.9 Å². The Morgan fingerprint density at radius 1 is 1.06 bits per heavy atom. The fourth-order valence-electron chi connectivity index (χ4n) is 4.54. The predicted molar refractivity (Wildman–Crippen MR) is 136 cm³/mol. The van der Waals surface area contributed by atoms with Crippen LogP contribution < -0.4 is 15.0 Å². The molecule has 0 amide bonds. The number of benzene rings is 1. The summed E-state index contributed by atoms with van der Waals surface area (Å²) in [5.41, 5.74) is 0.993. The van der Waals surface area contributed by atoms with Gasteiger partial charge in [-0.15, -0.1) is 29.9 Å². The summed E-state index contributed by atoms with van der Waals surface area (Å²) in [5.74, 6) is 3.58. The maximum absolute atomic E-state index is 6.19. The molecule has 1 unspecified atom stereocenters. The topological polar surface area (TPSA) is 99.1 Å². The molecule has 2 fully saturated rings. The first-order chi connectivity index (χ1) is 14.8. The lowest BCUT2D eigenvalue weighted by molar-refractivity contribution is 0.203. The average molecular weight is 497 g/mol. The zero-order valence-electron chi connectivity index (χ0n) is 18.9. The molecule has 3 N–H and O–H groups in total. The van der Waals surface area contributed by atoms with Crippen molar-refractivity contribution in [3.8, 4) is 17.3 Å². The Bertz CT molecular complexity index is 997. The van der Waals surface area contributed by atoms with Crippen molar-refractivity contribution in [1.29, 1.82) is 0 Å². The Kier molecular flexibility index (Phi) is 10.2. The standard InChI is InChI=1S/C23H30N6O.2ClH.H2O/c1-17-15-28(13-12-24-17)21-14-20(30-16-18-8-4-2-5-9-18)25-23-26-22(27-29(21)23)19-10-6-3-7-11-19;;;/h3,6-7,10-11,14,17-18,24H,2,4-5,8-9,12-13,15-16H2,1H3;2*1H;1H2. The second-order valence-corrected chi connectivity index (χ2v) is 8.58. The number of aromatic nitrogens is 4. The smallest absolute Gasteiger partial charge is 0.257 e. The fourth-order valence-corrected chi connectivity index (χ4v) is 4.54. The van der Waals surface area contributed by atoms with Gasteiger partial charge in [-0.25, -0.2) is 0 Å². The molecule has 5 rings (SSSR count). The average Bonchev–Trinajstić information content (AvgIpc) is 3.23. The van der Waals surface area contributed by atoms with E-state index in [9.17, 15) is 0 Å². The Morgan fingerprint density at radius 3 is 2.55 bits per heavy atom. The highest BCUT2D eigenvalue weighted by Crippen LogP contribution is 2.27. The maximum Gasteiger partial charge on any atom is 0.257 e. The molecule has 1 aliphatic heterocycles. The summed E-state index contributed by atoms with van der Waals surface area (Å²) < 4.78 is 8.06. The summed E-state index contributed by atoms with van der Waals surface area (Å²) in [6.07, 6.45) is 6.50. The van der Waals surface area contributed by atoms with Crippen LogP contribution in [0, 0.1) is 5.92 Å². The molecule has 3 aromatic rings. The Balaban J connectivity index is 0.00000128. The minimum Gasteiger partial charge on any atom is -0.477 e. The molecule has 1 saturated heterocycles. The van der Waals surface area contributed by atoms with E-state index < -0.39 is 0 Å². The largest absolute Gasteiger partial charge is 0.477 e. The van der Waals surface area contributed by atoms with Gasteiger partial charge < -0.3 is 20.4 Å². The lowest BCUT2D eigenvalue weighted by Crippen LogP contribution is -2.49. The number of nitrogens with zero attached hydrogens (tertiary/aromatic N) is 5. The third-order valence-corrected chi connectivity index (χ3v) is 6.19. The van der Waals surface area contributed by atoms with Gasteiger partial charge in [-0.1, -0.05) is 49.6 Å². The van der Waals surface area contributed by atoms with Gasteiger partial charge in [0, 0.05) is 37.3 Å². The Hall–Kier alpha value is -2.13. The van der Waals surface area contributed by atoms with E-state index in [-0.39, 0.29) is 30.3 Å². The summed E-state index contributed by atoms with van der Waals surface area (Å²) in [5, 5.41) is 8.31. The highest BCUT2D eigenvalue weighted by molar-refractivity contribution is 5.85. The first-order valence-electron chi connectivity index (χ1n) is 11.2. The number of piperazine rings is 1. The van der Waals surface area contributed by atoms with Gasteiger partial charge in [0.1, 0.15) is 5.82 Å². The van der Waals surface area contributed by atoms with E-state index in [0.29, 0.717) is 29.4 Å². The van der Waals surface area contributed by atoms with Crippen LogP contribution in [-0.2, 0) is 0 Å². The number of fused-ring (bicyclic) bond motifs is 1. The molecule has 182 valence electrons. The number of anilines is 1. The van der Waals surface area contributed by atoms with Crippen LogP contribution in [0.1, 0.15) is 39.0 Å². The van der Waals surface area contributed by atoms with Crippen molar-refractivity contribution < 1.29 is 10.2 Å². The maximum atomic E-state index is 6.19. The van der Waals surface area contributed by atoms with Gasteiger partial charge in [0.25, 0.3) is 5.78 Å². The van der Waals surface area contributed by atoms with Gasteiger partial charge in [0.15, 0.2) is 5.82 Å². The summed E-state index contributed by atoms with van der Waals surface area (Å²) in [6.45, 7) is 5.74. The van der Waals surface area contributed by atoms with Gasteiger partial charge in [-0.3, -0.25) is 0 Å². The zero-order valence-corrected chi connectivity index (χ0v) is 20.6. The van der Waals surface area contributed by atoms with Crippen LogP contribution in [0.2, 0.25) is 0 Å². The van der Waals surface area contributed by atoms with E-state index in [4.69, 9.17) is 19.8 Å². The van der Waals surface area contributed by atoms with Crippen LogP contribution in [0.15, 0.2) is 36.4 Å². The van der Waals surface area contributed by atoms with Crippen molar-refractivity contribution in [2.24, 2.45) is 5.92 Å². The van der Waals surface area contributed by atoms with Crippen molar-refractivity contribution in [3.63, 3.8) is 0 Å². The van der Waals surface area contributed by atoms with Crippen molar-refractivity contribution in [2.75, 3.05) is 31.1 Å². The number of hydrogen-bond donors (Lipinski definition) is 1. The molecule has 1 aromatic carbocycles. The molecule has 33 heavy (non-hydrogen) atoms. The van der Waals surface area contributed by atoms with Crippen molar-refractivity contribution in [3.05, 3.63) is 36.4 Å². The van der Waals surface area contributed by atoms with Gasteiger partial charge in [-0.05, 0) is 25.7 Å². The third kappa shape index (κ3) is 6.26. The van der Waals surface area contributed by atoms with Crippen LogP contribution in [-0.4, -0.2) is 57.3 Å². The first kappa shape index (κ1) is 27.1. The molecular weight excluding hydrogens is 463 g/mol. The molecule has 2 aliphatic rings. The van der Waals surface area contributed by atoms with E-state index in [1.54, 1.807) is 0 Å². The van der Waals surface area contributed by atoms with E-state index in [1.165, 1.54) is 32.1 Å². The lowest BCUT2D eigenvalue weighted by Gasteiger charge is -2.33. The van der Waals surface area contributed by atoms with Crippen molar-refractivity contribution in [2.45, 2.75) is 45.1 Å². The lowest BCUT2D eigenvalue weighted by atomic mass is 9.90. The second kappa shape index (κ2) is 12.4. The van der Waals surface area contributed by atoms with Gasteiger partial charge >= 0.3 is 0 Å². The zero-order chi connectivity index (χ0) is 20.3. The third-order valence-electron chi connectivity index (χ3n) is 6.19. The van der Waals surface area contributed by atoms with Crippen molar-refractivity contribution in [1.82, 2.24) is 24.9 Å². The van der Waals surface area contributed by atoms with E-state index in [2.05, 4.69) is 17.1 Å². The molecular formula is C23H34Cl2N6O2. The molecule has 2 aromatic heterocycles. The minimum atomic E-state index is 0. The summed E-state index contributed by atoms with van der Waals surface area (Å²) >= 11 is 0. The summed E-state index contributed by atoms with van der Waals surface area (Å²) in [7, 11) is 0. The highest BCUT2D eigenvalue weighted by Gasteiger charge is 2.22. The Morgan fingerprint density at radius 2 is 1.82 bits per heavy atom. The molecule has 0 spiro atoms. The first-order valence-corrected chi connectivity index (χ1v) is 11.2. The summed E-state index contributed by atoms with van der Waals surface area (Å²) in [4.78, 5) is 11.8. The van der Waals surface area contributed by atoms with E-state index in [0.717, 1.165) is 37.6 Å². The monoisotopic (exact) mass is 496 g/mol. The van der Waals surface area contributed by atoms with E-state index >= 15 is 0 Å². The van der Waals surface area contributed by atoms with Crippen LogP contribution in [0.4, 0.5) is 5.82 Å². The van der Waals surface area contributed by atoms with Crippen LogP contribution >= 0.6 is 24.8 Å². The molecule has 3 heterocycles. The normalized spacial score (nSPS) is 18.7. The molecule has 0 bridgehead atoms. The molecule has 10 heteroatoms. The SMILES string of the molecule is CC1CN(c2cc(OCC3CCCCC3)nc3nc(-c4ccccc4)nn23)CCN1.Cl.Cl.O. The molecule has 8 nitrogen and oxygen atoms in total. The molecule has 0 radical (unpaired) electrons. The molecule has 1 aliphatic carbocycles. The van der Waals surface area contributed by atoms with Gasteiger partial charge in [0.05, 0.1) is 6.61 Å². The fraction of sp³-hybridized carbons (Fsp3) is 0.522. The number of nitrogens with one attached hydrogen (secondary N) is 1.